The molecule has 172 valence electrons. The van der Waals surface area contributed by atoms with Crippen LogP contribution in [-0.2, 0) is 9.53 Å². The molecule has 1 aliphatic rings. The van der Waals surface area contributed by atoms with Crippen LogP contribution in [0.5, 0.6) is 0 Å². The van der Waals surface area contributed by atoms with E-state index in [1.165, 1.54) is 18.2 Å². The summed E-state index contributed by atoms with van der Waals surface area (Å²) in [5.41, 5.74) is 0.591. The zero-order chi connectivity index (χ0) is 23.9. The van der Waals surface area contributed by atoms with Crippen molar-refractivity contribution in [1.29, 1.82) is 0 Å². The van der Waals surface area contributed by atoms with Gasteiger partial charge in [0.2, 0.25) is 0 Å². The van der Waals surface area contributed by atoms with E-state index in [9.17, 15) is 34.8 Å². The van der Waals surface area contributed by atoms with Crippen LogP contribution in [0.3, 0.4) is 0 Å². The van der Waals surface area contributed by atoms with Crippen molar-refractivity contribution in [1.82, 2.24) is 5.32 Å². The number of hydrogen-bond acceptors (Lipinski definition) is 8. The summed E-state index contributed by atoms with van der Waals surface area (Å²) in [6, 6.07) is 13.2. The fourth-order valence-corrected chi connectivity index (χ4v) is 3.76. The quantitative estimate of drug-likeness (QED) is 0.374. The molecule has 10 nitrogen and oxygen atoms in total. The number of benzene rings is 2. The normalized spacial score (nSPS) is 25.0. The van der Waals surface area contributed by atoms with Crippen LogP contribution in [-0.4, -0.2) is 62.9 Å². The molecule has 33 heavy (non-hydrogen) atoms. The van der Waals surface area contributed by atoms with Gasteiger partial charge in [-0.2, -0.15) is 0 Å². The molecule has 2 heterocycles. The van der Waals surface area contributed by atoms with Crippen molar-refractivity contribution in [3.63, 3.8) is 0 Å². The number of rotatable bonds is 4. The predicted molar refractivity (Wildman–Crippen MR) is 114 cm³/mol. The van der Waals surface area contributed by atoms with Crippen molar-refractivity contribution >= 4 is 22.8 Å². The van der Waals surface area contributed by atoms with Gasteiger partial charge in [0, 0.05) is 11.1 Å². The molecule has 10 heteroatoms. The monoisotopic (exact) mass is 455 g/mol. The molecule has 5 N–H and O–H groups in total. The van der Waals surface area contributed by atoms with Gasteiger partial charge < -0.3 is 34.9 Å². The summed E-state index contributed by atoms with van der Waals surface area (Å²) in [6.45, 7) is 1.62. The number of para-hydroxylation sites is 1. The fourth-order valence-electron chi connectivity index (χ4n) is 3.76. The average molecular weight is 455 g/mol. The van der Waals surface area contributed by atoms with Gasteiger partial charge in [-0.05, 0) is 19.1 Å². The molecule has 5 atom stereocenters. The molecule has 0 radical (unpaired) electrons. The van der Waals surface area contributed by atoms with Gasteiger partial charge in [-0.25, -0.2) is 4.79 Å². The summed E-state index contributed by atoms with van der Waals surface area (Å²) >= 11 is 0. The van der Waals surface area contributed by atoms with E-state index in [1.54, 1.807) is 31.2 Å². The van der Waals surface area contributed by atoms with Crippen molar-refractivity contribution in [3.8, 4) is 11.3 Å². The molecule has 1 saturated heterocycles. The minimum atomic E-state index is -1.89. The van der Waals surface area contributed by atoms with E-state index in [1.807, 2.05) is 6.07 Å². The number of amides is 1. The molecular formula is C23H21NO9. The molecule has 0 unspecified atom stereocenters. The second-order valence-electron chi connectivity index (χ2n) is 7.69. The second kappa shape index (κ2) is 8.75. The van der Waals surface area contributed by atoms with E-state index in [2.05, 4.69) is 5.32 Å². The van der Waals surface area contributed by atoms with Crippen LogP contribution in [0.2, 0.25) is 0 Å². The summed E-state index contributed by atoms with van der Waals surface area (Å²) in [5.74, 6) is -2.14. The van der Waals surface area contributed by atoms with Gasteiger partial charge in [-0.1, -0.05) is 36.4 Å². The lowest BCUT2D eigenvalue weighted by atomic mass is 9.97. The summed E-state index contributed by atoms with van der Waals surface area (Å²) < 4.78 is 11.1. The van der Waals surface area contributed by atoms with Gasteiger partial charge >= 0.3 is 5.97 Å². The largest absolute Gasteiger partial charge is 0.479 e. The van der Waals surface area contributed by atoms with E-state index >= 15 is 0 Å². The predicted octanol–water partition coefficient (Wildman–Crippen LogP) is 0.390. The topological polar surface area (TPSA) is 167 Å². The summed E-state index contributed by atoms with van der Waals surface area (Å²) in [6.07, 6.45) is -9.08. The van der Waals surface area contributed by atoms with E-state index in [0.29, 0.717) is 11.1 Å². The Bertz CT molecular complexity index is 1270. The Morgan fingerprint density at radius 2 is 1.64 bits per heavy atom. The number of ether oxygens (including phenoxy) is 1. The lowest BCUT2D eigenvalue weighted by molar-refractivity contribution is -0.231. The molecule has 1 aromatic heterocycles. The summed E-state index contributed by atoms with van der Waals surface area (Å²) in [4.78, 5) is 37.3. The molecule has 2 aromatic carbocycles. The lowest BCUT2D eigenvalue weighted by Crippen LogP contribution is -2.64. The summed E-state index contributed by atoms with van der Waals surface area (Å²) in [5, 5.41) is 41.6. The van der Waals surface area contributed by atoms with E-state index < -0.39 is 42.5 Å². The standard InChI is InChI=1S/C23H21NO9/c1-10-14(25)12-8-5-9-13(19(12)32-18(10)11-6-3-2-4-7-11)21(29)24-22-17(28)15(26)16(27)20(33-22)23(30)31/h2-9,15-17,20,22,26-28H,1H3,(H,24,29)(H,30,31)/t15-,16-,17+,20-,22+/m0/s1. The van der Waals surface area contributed by atoms with Crippen LogP contribution in [0, 0.1) is 6.92 Å². The number of carbonyl (C=O) groups excluding carboxylic acids is 1. The van der Waals surface area contributed by atoms with Crippen LogP contribution in [0.4, 0.5) is 0 Å². The van der Waals surface area contributed by atoms with Gasteiger partial charge in [0.1, 0.15) is 24.1 Å². The third-order valence-corrected chi connectivity index (χ3v) is 5.56. The van der Waals surface area contributed by atoms with Crippen molar-refractivity contribution in [2.75, 3.05) is 0 Å². The maximum atomic E-state index is 13.0. The Hall–Kier alpha value is -3.57. The Kier molecular flexibility index (Phi) is 6.00. The highest BCUT2D eigenvalue weighted by Gasteiger charge is 2.47. The number of carboxylic acid groups (broad SMARTS) is 1. The van der Waals surface area contributed by atoms with Crippen LogP contribution in [0.25, 0.3) is 22.3 Å². The SMILES string of the molecule is Cc1c(-c2ccccc2)oc2c(C(=O)N[C@@H]3O[C@H](C(=O)O)[C@@H](O)[C@H](O)[C@H]3O)cccc2c1=O. The minimum absolute atomic E-state index is 0.00915. The molecule has 1 fully saturated rings. The van der Waals surface area contributed by atoms with Crippen LogP contribution in [0.1, 0.15) is 15.9 Å². The van der Waals surface area contributed by atoms with Crippen LogP contribution < -0.4 is 10.7 Å². The van der Waals surface area contributed by atoms with E-state index in [0.717, 1.165) is 0 Å². The molecule has 4 rings (SSSR count). The third kappa shape index (κ3) is 4.00. The van der Waals surface area contributed by atoms with Crippen molar-refractivity contribution in [2.24, 2.45) is 0 Å². The number of carbonyl (C=O) groups is 2. The van der Waals surface area contributed by atoms with Gasteiger partial charge in [-0.15, -0.1) is 0 Å². The third-order valence-electron chi connectivity index (χ3n) is 5.56. The van der Waals surface area contributed by atoms with Crippen molar-refractivity contribution < 1.29 is 39.2 Å². The number of carboxylic acids is 1. The number of aliphatic hydroxyl groups is 3. The maximum Gasteiger partial charge on any atom is 0.335 e. The number of nitrogens with one attached hydrogen (secondary N) is 1. The molecule has 0 bridgehead atoms. The Labute approximate surface area is 186 Å². The fraction of sp³-hybridized carbons (Fsp3) is 0.261. The molecular weight excluding hydrogens is 434 g/mol. The molecule has 1 aliphatic heterocycles. The number of aliphatic carboxylic acids is 1. The first kappa shape index (κ1) is 22.6. The van der Waals surface area contributed by atoms with Crippen molar-refractivity contribution in [2.45, 2.75) is 37.6 Å². The smallest absolute Gasteiger partial charge is 0.335 e. The highest BCUT2D eigenvalue weighted by atomic mass is 16.6. The molecule has 0 spiro atoms. The Morgan fingerprint density at radius 3 is 2.30 bits per heavy atom. The van der Waals surface area contributed by atoms with Gasteiger partial charge in [-0.3, -0.25) is 9.59 Å². The Morgan fingerprint density at radius 1 is 0.939 bits per heavy atom. The number of fused-ring (bicyclic) bond motifs is 1. The molecule has 0 saturated carbocycles. The molecule has 1 amide bonds. The van der Waals surface area contributed by atoms with Gasteiger partial charge in [0.05, 0.1) is 10.9 Å². The lowest BCUT2D eigenvalue weighted by Gasteiger charge is -2.38. The first-order valence-corrected chi connectivity index (χ1v) is 10.1. The molecule has 3 aromatic rings. The van der Waals surface area contributed by atoms with Gasteiger partial charge in [0.25, 0.3) is 5.91 Å². The summed E-state index contributed by atoms with van der Waals surface area (Å²) in [7, 11) is 0. The highest BCUT2D eigenvalue weighted by Crippen LogP contribution is 2.28. The number of aliphatic hydroxyl groups excluding tert-OH is 3. The minimum Gasteiger partial charge on any atom is -0.479 e. The number of hydrogen-bond donors (Lipinski definition) is 5. The van der Waals surface area contributed by atoms with E-state index in [-0.39, 0.29) is 27.7 Å². The zero-order valence-corrected chi connectivity index (χ0v) is 17.3. The second-order valence-corrected chi connectivity index (χ2v) is 7.69. The maximum absolute atomic E-state index is 13.0. The first-order valence-electron chi connectivity index (χ1n) is 10.1. The van der Waals surface area contributed by atoms with Crippen LogP contribution >= 0.6 is 0 Å². The molecule has 0 aliphatic carbocycles. The zero-order valence-electron chi connectivity index (χ0n) is 17.3. The van der Waals surface area contributed by atoms with Crippen LogP contribution in [0.15, 0.2) is 57.7 Å². The van der Waals surface area contributed by atoms with Gasteiger partial charge in [0.15, 0.2) is 23.3 Å². The first-order chi connectivity index (χ1) is 15.7. The Balaban J connectivity index is 1.74. The highest BCUT2D eigenvalue weighted by molar-refractivity contribution is 6.05. The van der Waals surface area contributed by atoms with Crippen molar-refractivity contribution in [3.05, 3.63) is 69.9 Å². The van der Waals surface area contributed by atoms with E-state index in [4.69, 9.17) is 9.15 Å². The average Bonchev–Trinajstić information content (AvgIpc) is 2.81.